The van der Waals surface area contributed by atoms with Gasteiger partial charge >= 0.3 is 0 Å². The zero-order chi connectivity index (χ0) is 10.6. The molecular weight excluding hydrogens is 174 g/mol. The third kappa shape index (κ3) is 3.58. The first-order valence-electron chi connectivity index (χ1n) is 5.80. The fraction of sp³-hybridized carbons (Fsp3) is 1.00. The molecule has 1 fully saturated rings. The zero-order valence-electron chi connectivity index (χ0n) is 10.1. The third-order valence-electron chi connectivity index (χ3n) is 3.59. The third-order valence-corrected chi connectivity index (χ3v) is 3.59. The van der Waals surface area contributed by atoms with Gasteiger partial charge in [0.15, 0.2) is 0 Å². The van der Waals surface area contributed by atoms with Gasteiger partial charge in [-0.3, -0.25) is 0 Å². The Morgan fingerprint density at radius 1 is 1.14 bits per heavy atom. The summed E-state index contributed by atoms with van der Waals surface area (Å²) in [6.07, 6.45) is 5.50. The van der Waals surface area contributed by atoms with Crippen molar-refractivity contribution in [3.8, 4) is 0 Å². The molecule has 14 heavy (non-hydrogen) atoms. The van der Waals surface area contributed by atoms with Crippen LogP contribution in [-0.2, 0) is 4.84 Å². The molecule has 1 saturated carbocycles. The van der Waals surface area contributed by atoms with Gasteiger partial charge in [0, 0.05) is 6.54 Å². The summed E-state index contributed by atoms with van der Waals surface area (Å²) in [6.45, 7) is 8.12. The van der Waals surface area contributed by atoms with E-state index >= 15 is 0 Å². The van der Waals surface area contributed by atoms with Gasteiger partial charge in [0.25, 0.3) is 0 Å². The van der Waals surface area contributed by atoms with Crippen LogP contribution >= 0.6 is 0 Å². The average molecular weight is 199 g/mol. The van der Waals surface area contributed by atoms with Gasteiger partial charge in [-0.15, -0.1) is 0 Å². The molecule has 0 unspecified atom stereocenters. The molecule has 1 aliphatic rings. The smallest absolute Gasteiger partial charge is 0.0572 e. The summed E-state index contributed by atoms with van der Waals surface area (Å²) in [5.41, 5.74) is 3.47. The lowest BCUT2D eigenvalue weighted by Crippen LogP contribution is -2.30. The normalized spacial score (nSPS) is 29.1. The Morgan fingerprint density at radius 3 is 2.14 bits per heavy atom. The molecule has 0 saturated heterocycles. The first-order chi connectivity index (χ1) is 6.54. The first kappa shape index (κ1) is 12.0. The second-order valence-corrected chi connectivity index (χ2v) is 5.64. The Bertz CT molecular complexity index is 154. The van der Waals surface area contributed by atoms with Crippen LogP contribution in [0.15, 0.2) is 0 Å². The van der Waals surface area contributed by atoms with E-state index in [1.54, 1.807) is 7.11 Å². The van der Waals surface area contributed by atoms with E-state index in [1.807, 2.05) is 0 Å². The van der Waals surface area contributed by atoms with Gasteiger partial charge in [-0.05, 0) is 42.9 Å². The molecule has 1 aliphatic carbocycles. The second-order valence-electron chi connectivity index (χ2n) is 5.64. The van der Waals surface area contributed by atoms with Crippen molar-refractivity contribution in [1.82, 2.24) is 5.48 Å². The molecule has 2 nitrogen and oxygen atoms in total. The lowest BCUT2D eigenvalue weighted by molar-refractivity contribution is 0.0640. The van der Waals surface area contributed by atoms with E-state index in [4.69, 9.17) is 4.84 Å². The van der Waals surface area contributed by atoms with Gasteiger partial charge < -0.3 is 4.84 Å². The Balaban J connectivity index is 2.24. The van der Waals surface area contributed by atoms with Crippen molar-refractivity contribution in [3.05, 3.63) is 0 Å². The Hall–Kier alpha value is -0.0800. The minimum atomic E-state index is 0.500. The Morgan fingerprint density at radius 2 is 1.71 bits per heavy atom. The van der Waals surface area contributed by atoms with Gasteiger partial charge in [-0.25, -0.2) is 5.48 Å². The van der Waals surface area contributed by atoms with Crippen LogP contribution in [0.25, 0.3) is 0 Å². The fourth-order valence-electron chi connectivity index (χ4n) is 2.43. The summed E-state index contributed by atoms with van der Waals surface area (Å²) < 4.78 is 0. The van der Waals surface area contributed by atoms with Crippen molar-refractivity contribution in [3.63, 3.8) is 0 Å². The number of hydrogen-bond acceptors (Lipinski definition) is 2. The molecule has 0 aromatic carbocycles. The first-order valence-corrected chi connectivity index (χ1v) is 5.80. The van der Waals surface area contributed by atoms with Crippen LogP contribution in [0.1, 0.15) is 46.5 Å². The van der Waals surface area contributed by atoms with Crippen LogP contribution in [0, 0.1) is 17.3 Å². The van der Waals surface area contributed by atoms with Crippen LogP contribution in [0.3, 0.4) is 0 Å². The van der Waals surface area contributed by atoms with Crippen molar-refractivity contribution in [2.75, 3.05) is 13.7 Å². The van der Waals surface area contributed by atoms with Crippen LogP contribution in [0.5, 0.6) is 0 Å². The van der Waals surface area contributed by atoms with E-state index in [0.717, 1.165) is 18.4 Å². The SMILES string of the molecule is CONCC1CCC(C(C)(C)C)CC1. The van der Waals surface area contributed by atoms with E-state index in [2.05, 4.69) is 26.3 Å². The van der Waals surface area contributed by atoms with E-state index in [-0.39, 0.29) is 0 Å². The van der Waals surface area contributed by atoms with Gasteiger partial charge in [0.2, 0.25) is 0 Å². The highest BCUT2D eigenvalue weighted by Gasteiger charge is 2.29. The molecule has 2 heteroatoms. The number of rotatable bonds is 3. The van der Waals surface area contributed by atoms with Crippen molar-refractivity contribution in [2.45, 2.75) is 46.5 Å². The minimum Gasteiger partial charge on any atom is -0.305 e. The molecule has 84 valence electrons. The summed E-state index contributed by atoms with van der Waals surface area (Å²) >= 11 is 0. The van der Waals surface area contributed by atoms with Crippen LogP contribution in [-0.4, -0.2) is 13.7 Å². The van der Waals surface area contributed by atoms with Gasteiger partial charge in [0.05, 0.1) is 7.11 Å². The highest BCUT2D eigenvalue weighted by molar-refractivity contribution is 4.80. The van der Waals surface area contributed by atoms with Crippen molar-refractivity contribution >= 4 is 0 Å². The minimum absolute atomic E-state index is 0.500. The summed E-state index contributed by atoms with van der Waals surface area (Å²) in [4.78, 5) is 4.89. The molecule has 0 aliphatic heterocycles. The Labute approximate surface area is 88.4 Å². The molecular formula is C12H25NO. The van der Waals surface area contributed by atoms with Gasteiger partial charge in [0.1, 0.15) is 0 Å². The fourth-order valence-corrected chi connectivity index (χ4v) is 2.43. The van der Waals surface area contributed by atoms with E-state index < -0.39 is 0 Å². The summed E-state index contributed by atoms with van der Waals surface area (Å²) in [6, 6.07) is 0. The molecule has 1 N–H and O–H groups in total. The zero-order valence-corrected chi connectivity index (χ0v) is 10.1. The van der Waals surface area contributed by atoms with Crippen LogP contribution in [0.2, 0.25) is 0 Å². The van der Waals surface area contributed by atoms with Gasteiger partial charge in [-0.1, -0.05) is 20.8 Å². The second kappa shape index (κ2) is 5.13. The predicted octanol–water partition coefficient (Wildman–Crippen LogP) is 2.99. The quantitative estimate of drug-likeness (QED) is 0.706. The molecule has 0 aromatic rings. The van der Waals surface area contributed by atoms with Crippen molar-refractivity contribution in [1.29, 1.82) is 0 Å². The van der Waals surface area contributed by atoms with Gasteiger partial charge in [-0.2, -0.15) is 0 Å². The summed E-state index contributed by atoms with van der Waals surface area (Å²) in [7, 11) is 1.70. The molecule has 0 aromatic heterocycles. The van der Waals surface area contributed by atoms with E-state index in [0.29, 0.717) is 5.41 Å². The topological polar surface area (TPSA) is 21.3 Å². The largest absolute Gasteiger partial charge is 0.305 e. The molecule has 0 amide bonds. The maximum absolute atomic E-state index is 4.89. The number of nitrogens with one attached hydrogen (secondary N) is 1. The Kier molecular flexibility index (Phi) is 4.39. The highest BCUT2D eigenvalue weighted by Crippen LogP contribution is 2.39. The predicted molar refractivity (Wildman–Crippen MR) is 59.9 cm³/mol. The van der Waals surface area contributed by atoms with Crippen molar-refractivity contribution in [2.24, 2.45) is 17.3 Å². The standard InChI is InChI=1S/C12H25NO/c1-12(2,3)11-7-5-10(6-8-11)9-13-14-4/h10-11,13H,5-9H2,1-4H3. The molecule has 0 spiro atoms. The average Bonchev–Trinajstić information content (AvgIpc) is 2.14. The lowest BCUT2D eigenvalue weighted by Gasteiger charge is -2.36. The maximum atomic E-state index is 4.89. The monoisotopic (exact) mass is 199 g/mol. The van der Waals surface area contributed by atoms with Crippen LogP contribution < -0.4 is 5.48 Å². The highest BCUT2D eigenvalue weighted by atomic mass is 16.6. The lowest BCUT2D eigenvalue weighted by atomic mass is 9.70. The van der Waals surface area contributed by atoms with Crippen molar-refractivity contribution < 1.29 is 4.84 Å². The molecule has 0 atom stereocenters. The molecule has 0 heterocycles. The number of hydroxylamine groups is 1. The van der Waals surface area contributed by atoms with E-state index in [9.17, 15) is 0 Å². The summed E-state index contributed by atoms with van der Waals surface area (Å²) in [5, 5.41) is 0. The summed E-state index contributed by atoms with van der Waals surface area (Å²) in [5.74, 6) is 1.75. The maximum Gasteiger partial charge on any atom is 0.0572 e. The number of hydrogen-bond donors (Lipinski definition) is 1. The van der Waals surface area contributed by atoms with E-state index in [1.165, 1.54) is 25.7 Å². The molecule has 0 bridgehead atoms. The van der Waals surface area contributed by atoms with Crippen LogP contribution in [0.4, 0.5) is 0 Å². The molecule has 1 rings (SSSR count). The molecule has 0 radical (unpaired) electrons.